The highest BCUT2D eigenvalue weighted by atomic mass is 32.2. The van der Waals surface area contributed by atoms with Crippen LogP contribution in [0.3, 0.4) is 0 Å². The van der Waals surface area contributed by atoms with E-state index in [0.717, 1.165) is 4.21 Å². The molecule has 9 heteroatoms. The fourth-order valence-corrected chi connectivity index (χ4v) is 4.25. The second-order valence-electron chi connectivity index (χ2n) is 5.60. The van der Waals surface area contributed by atoms with Crippen molar-refractivity contribution in [1.29, 1.82) is 0 Å². The minimum atomic E-state index is -0.291. The summed E-state index contributed by atoms with van der Waals surface area (Å²) in [7, 11) is 3.11. The Morgan fingerprint density at radius 3 is 2.82 bits per heavy atom. The van der Waals surface area contributed by atoms with Gasteiger partial charge in [0.1, 0.15) is 5.69 Å². The van der Waals surface area contributed by atoms with Crippen LogP contribution in [0.25, 0.3) is 0 Å². The van der Waals surface area contributed by atoms with Crippen LogP contribution in [0.4, 0.5) is 5.69 Å². The summed E-state index contributed by atoms with van der Waals surface area (Å²) in [6, 6.07) is 9.22. The molecule has 0 atom stereocenters. The smallest absolute Gasteiger partial charge is 0.275 e. The van der Waals surface area contributed by atoms with Gasteiger partial charge in [-0.25, -0.2) is 4.68 Å². The highest BCUT2D eigenvalue weighted by Crippen LogP contribution is 2.31. The van der Waals surface area contributed by atoms with Crippen LogP contribution in [0.2, 0.25) is 0 Å². The number of ether oxygens (including phenoxy) is 2. The molecule has 1 amide bonds. The van der Waals surface area contributed by atoms with E-state index in [0.29, 0.717) is 40.9 Å². The van der Waals surface area contributed by atoms with Gasteiger partial charge in [-0.05, 0) is 23.6 Å². The summed E-state index contributed by atoms with van der Waals surface area (Å²) in [6.07, 6.45) is 1.68. The summed E-state index contributed by atoms with van der Waals surface area (Å²) in [6.45, 7) is 4.12. The van der Waals surface area contributed by atoms with Crippen LogP contribution in [-0.2, 0) is 12.3 Å². The minimum Gasteiger partial charge on any atom is -0.493 e. The average Bonchev–Trinajstić information content (AvgIpc) is 3.36. The van der Waals surface area contributed by atoms with Gasteiger partial charge in [-0.15, -0.1) is 34.8 Å². The van der Waals surface area contributed by atoms with Gasteiger partial charge in [0.2, 0.25) is 0 Å². The molecule has 3 aromatic rings. The molecule has 7 nitrogen and oxygen atoms in total. The molecule has 3 rings (SSSR count). The monoisotopic (exact) mass is 416 g/mol. The Kier molecular flexibility index (Phi) is 6.72. The highest BCUT2D eigenvalue weighted by Gasteiger charge is 2.21. The number of carbonyl (C=O) groups is 1. The number of aromatic nitrogens is 3. The predicted molar refractivity (Wildman–Crippen MR) is 112 cm³/mol. The Hall–Kier alpha value is -2.78. The molecular weight excluding hydrogens is 396 g/mol. The van der Waals surface area contributed by atoms with Crippen molar-refractivity contribution >= 4 is 34.7 Å². The molecule has 28 heavy (non-hydrogen) atoms. The first-order valence-electron chi connectivity index (χ1n) is 8.39. The van der Waals surface area contributed by atoms with Crippen LogP contribution in [-0.4, -0.2) is 35.1 Å². The fraction of sp³-hybridized carbons (Fsp3) is 0.211. The Morgan fingerprint density at radius 2 is 2.14 bits per heavy atom. The summed E-state index contributed by atoms with van der Waals surface area (Å²) in [5, 5.41) is 13.2. The number of thiophene rings is 1. The summed E-state index contributed by atoms with van der Waals surface area (Å²) in [5.74, 6) is 1.38. The quantitative estimate of drug-likeness (QED) is 0.418. The number of methoxy groups -OCH3 is 2. The maximum absolute atomic E-state index is 13.0. The number of anilines is 1. The molecule has 0 aliphatic carbocycles. The lowest BCUT2D eigenvalue weighted by molar-refractivity contribution is 0.101. The Bertz CT molecular complexity index is 954. The number of nitrogens with one attached hydrogen (secondary N) is 1. The summed E-state index contributed by atoms with van der Waals surface area (Å²) >= 11 is 3.27. The minimum absolute atomic E-state index is 0.291. The zero-order chi connectivity index (χ0) is 19.9. The van der Waals surface area contributed by atoms with Gasteiger partial charge in [0.25, 0.3) is 5.91 Å². The first-order chi connectivity index (χ1) is 13.7. The van der Waals surface area contributed by atoms with E-state index in [-0.39, 0.29) is 5.91 Å². The number of rotatable bonds is 9. The van der Waals surface area contributed by atoms with E-state index in [1.807, 2.05) is 17.5 Å². The summed E-state index contributed by atoms with van der Waals surface area (Å²) < 4.78 is 13.2. The fourth-order valence-electron chi connectivity index (χ4n) is 2.53. The predicted octanol–water partition coefficient (Wildman–Crippen LogP) is 4.09. The molecule has 1 aromatic carbocycles. The van der Waals surface area contributed by atoms with E-state index < -0.39 is 0 Å². The molecule has 0 saturated heterocycles. The Morgan fingerprint density at radius 1 is 1.32 bits per heavy atom. The number of benzene rings is 1. The van der Waals surface area contributed by atoms with Gasteiger partial charge in [-0.3, -0.25) is 4.79 Å². The molecule has 0 saturated carbocycles. The van der Waals surface area contributed by atoms with E-state index in [2.05, 4.69) is 22.2 Å². The second-order valence-corrected chi connectivity index (χ2v) is 7.82. The molecular formula is C19H20N4O3S2. The van der Waals surface area contributed by atoms with Crippen LogP contribution < -0.4 is 14.8 Å². The molecule has 2 aromatic heterocycles. The van der Waals surface area contributed by atoms with Crippen LogP contribution in [0.15, 0.2) is 52.6 Å². The van der Waals surface area contributed by atoms with Crippen molar-refractivity contribution in [2.45, 2.75) is 16.5 Å². The largest absolute Gasteiger partial charge is 0.493 e. The molecule has 0 aliphatic rings. The zero-order valence-electron chi connectivity index (χ0n) is 15.5. The maximum Gasteiger partial charge on any atom is 0.275 e. The van der Waals surface area contributed by atoms with Gasteiger partial charge in [0, 0.05) is 17.5 Å². The molecule has 0 aliphatic heterocycles. The maximum atomic E-state index is 13.0. The second kappa shape index (κ2) is 9.43. The van der Waals surface area contributed by atoms with Crippen LogP contribution in [0.1, 0.15) is 16.2 Å². The van der Waals surface area contributed by atoms with Crippen molar-refractivity contribution < 1.29 is 14.3 Å². The van der Waals surface area contributed by atoms with Crippen molar-refractivity contribution in [3.05, 3.63) is 59.8 Å². The zero-order valence-corrected chi connectivity index (χ0v) is 17.2. The van der Waals surface area contributed by atoms with Crippen LogP contribution in [0.5, 0.6) is 11.5 Å². The molecule has 0 spiro atoms. The van der Waals surface area contributed by atoms with E-state index in [9.17, 15) is 4.79 Å². The number of allylic oxidation sites excluding steroid dienone is 1. The molecule has 0 bridgehead atoms. The standard InChI is InChI=1S/C19H20N4O3S2/c1-4-9-23-18(14(21-22-23)12-28-17-6-5-10-27-17)19(24)20-13-7-8-15(25-2)16(11-13)26-3/h4-8,10-11H,1,9,12H2,2-3H3,(H,20,24). The molecule has 146 valence electrons. The number of hydrogen-bond acceptors (Lipinski definition) is 7. The number of thioether (sulfide) groups is 1. The third-order valence-electron chi connectivity index (χ3n) is 3.81. The Balaban J connectivity index is 1.83. The molecule has 0 radical (unpaired) electrons. The number of hydrogen-bond donors (Lipinski definition) is 1. The summed E-state index contributed by atoms with van der Waals surface area (Å²) in [5.41, 5.74) is 1.63. The van der Waals surface area contributed by atoms with Crippen LogP contribution in [0, 0.1) is 0 Å². The molecule has 1 N–H and O–H groups in total. The Labute approximate surface area is 171 Å². The SMILES string of the molecule is C=CCn1nnc(CSc2cccs2)c1C(=O)Nc1ccc(OC)c(OC)c1. The van der Waals surface area contributed by atoms with Gasteiger partial charge in [-0.2, -0.15) is 0 Å². The van der Waals surface area contributed by atoms with Gasteiger partial charge < -0.3 is 14.8 Å². The molecule has 0 fully saturated rings. The van der Waals surface area contributed by atoms with E-state index in [1.165, 1.54) is 0 Å². The van der Waals surface area contributed by atoms with Crippen molar-refractivity contribution in [2.75, 3.05) is 19.5 Å². The van der Waals surface area contributed by atoms with Gasteiger partial charge in [-0.1, -0.05) is 17.4 Å². The van der Waals surface area contributed by atoms with Crippen molar-refractivity contribution in [3.8, 4) is 11.5 Å². The van der Waals surface area contributed by atoms with Crippen LogP contribution >= 0.6 is 23.1 Å². The average molecular weight is 417 g/mol. The van der Waals surface area contributed by atoms with Gasteiger partial charge in [0.05, 0.1) is 25.0 Å². The van der Waals surface area contributed by atoms with Crippen molar-refractivity contribution in [3.63, 3.8) is 0 Å². The third kappa shape index (κ3) is 4.55. The molecule has 0 unspecified atom stereocenters. The lowest BCUT2D eigenvalue weighted by Gasteiger charge is -2.11. The number of nitrogens with zero attached hydrogens (tertiary/aromatic N) is 3. The van der Waals surface area contributed by atoms with Gasteiger partial charge >= 0.3 is 0 Å². The third-order valence-corrected chi connectivity index (χ3v) is 5.95. The first kappa shape index (κ1) is 20.0. The lowest BCUT2D eigenvalue weighted by atomic mass is 10.2. The first-order valence-corrected chi connectivity index (χ1v) is 10.3. The van der Waals surface area contributed by atoms with Crippen molar-refractivity contribution in [2.24, 2.45) is 0 Å². The summed E-state index contributed by atoms with van der Waals surface area (Å²) in [4.78, 5) is 13.0. The lowest BCUT2D eigenvalue weighted by Crippen LogP contribution is -2.19. The van der Waals surface area contributed by atoms with Gasteiger partial charge in [0.15, 0.2) is 17.2 Å². The molecule has 2 heterocycles. The van der Waals surface area contributed by atoms with E-state index in [1.54, 1.807) is 66.3 Å². The van der Waals surface area contributed by atoms with E-state index >= 15 is 0 Å². The normalized spacial score (nSPS) is 10.5. The van der Waals surface area contributed by atoms with Crippen molar-refractivity contribution in [1.82, 2.24) is 15.0 Å². The topological polar surface area (TPSA) is 78.3 Å². The van der Waals surface area contributed by atoms with E-state index in [4.69, 9.17) is 9.47 Å². The highest BCUT2D eigenvalue weighted by molar-refractivity contribution is 8.00. The number of amides is 1. The number of carbonyl (C=O) groups excluding carboxylic acids is 1.